The molecule has 0 aromatic heterocycles. The molecule has 1 aliphatic rings. The van der Waals surface area contributed by atoms with E-state index in [1.807, 2.05) is 0 Å². The van der Waals surface area contributed by atoms with Crippen LogP contribution in [0.4, 0.5) is 0 Å². The van der Waals surface area contributed by atoms with E-state index in [0.29, 0.717) is 11.7 Å². The monoisotopic (exact) mass is 182 g/mol. The molecule has 1 saturated carbocycles. The topological polar surface area (TPSA) is 17.1 Å². The Labute approximate surface area is 81.9 Å². The number of carbonyl (C=O) groups is 1. The molecule has 13 heavy (non-hydrogen) atoms. The summed E-state index contributed by atoms with van der Waals surface area (Å²) in [6.07, 6.45) is 6.63. The fraction of sp³-hybridized carbons (Fsp3) is 0.917. The lowest BCUT2D eigenvalue weighted by Crippen LogP contribution is -2.25. The quantitative estimate of drug-likeness (QED) is 0.649. The Balaban J connectivity index is 2.46. The molecule has 0 aromatic rings. The Kier molecular flexibility index (Phi) is 3.52. The lowest BCUT2D eigenvalue weighted by molar-refractivity contribution is -0.125. The Hall–Kier alpha value is -0.330. The summed E-state index contributed by atoms with van der Waals surface area (Å²) in [6, 6.07) is 0. The molecule has 1 aliphatic carbocycles. The number of Topliss-reactive ketones (excluding diaryl/α,β-unsaturated/α-hetero) is 1. The predicted octanol–water partition coefficient (Wildman–Crippen LogP) is 3.57. The Morgan fingerprint density at radius 3 is 2.62 bits per heavy atom. The van der Waals surface area contributed by atoms with Crippen LogP contribution >= 0.6 is 0 Å². The first-order valence-corrected chi connectivity index (χ1v) is 5.60. The van der Waals surface area contributed by atoms with Crippen molar-refractivity contribution >= 4 is 5.78 Å². The largest absolute Gasteiger partial charge is 0.299 e. The third-order valence-corrected chi connectivity index (χ3v) is 3.42. The van der Waals surface area contributed by atoms with Gasteiger partial charge in [-0.05, 0) is 24.7 Å². The molecule has 0 aliphatic heterocycles. The first kappa shape index (κ1) is 10.7. The summed E-state index contributed by atoms with van der Waals surface area (Å²) in [5.41, 5.74) is 0.283. The van der Waals surface area contributed by atoms with Gasteiger partial charge in [0, 0.05) is 12.3 Å². The summed E-state index contributed by atoms with van der Waals surface area (Å²) in [4.78, 5) is 11.8. The van der Waals surface area contributed by atoms with E-state index in [-0.39, 0.29) is 5.41 Å². The van der Waals surface area contributed by atoms with Gasteiger partial charge in [0.2, 0.25) is 0 Å². The zero-order chi connectivity index (χ0) is 9.90. The summed E-state index contributed by atoms with van der Waals surface area (Å²) in [7, 11) is 0. The summed E-state index contributed by atoms with van der Waals surface area (Å²) in [5.74, 6) is 0.878. The van der Waals surface area contributed by atoms with Crippen LogP contribution < -0.4 is 0 Å². The average molecular weight is 182 g/mol. The van der Waals surface area contributed by atoms with Crippen LogP contribution in [-0.2, 0) is 4.79 Å². The smallest absolute Gasteiger partial charge is 0.136 e. The van der Waals surface area contributed by atoms with Crippen LogP contribution in [0.5, 0.6) is 0 Å². The van der Waals surface area contributed by atoms with Gasteiger partial charge in [-0.2, -0.15) is 0 Å². The van der Waals surface area contributed by atoms with Crippen LogP contribution in [0.1, 0.15) is 59.3 Å². The molecule has 1 unspecified atom stereocenters. The number of hydrogen-bond acceptors (Lipinski definition) is 1. The van der Waals surface area contributed by atoms with Gasteiger partial charge >= 0.3 is 0 Å². The van der Waals surface area contributed by atoms with Crippen molar-refractivity contribution in [3.8, 4) is 0 Å². The van der Waals surface area contributed by atoms with Crippen LogP contribution in [0.3, 0.4) is 0 Å². The third kappa shape index (κ3) is 2.55. The highest BCUT2D eigenvalue weighted by molar-refractivity contribution is 5.82. The summed E-state index contributed by atoms with van der Waals surface area (Å²) in [6.45, 7) is 6.64. The maximum Gasteiger partial charge on any atom is 0.136 e. The molecule has 0 heterocycles. The summed E-state index contributed by atoms with van der Waals surface area (Å²) < 4.78 is 0. The second-order valence-electron chi connectivity index (χ2n) is 5.00. The minimum atomic E-state index is 0.283. The molecule has 0 amide bonds. The average Bonchev–Trinajstić information content (AvgIpc) is 2.41. The van der Waals surface area contributed by atoms with E-state index in [2.05, 4.69) is 20.8 Å². The minimum Gasteiger partial charge on any atom is -0.299 e. The fourth-order valence-corrected chi connectivity index (χ4v) is 2.45. The van der Waals surface area contributed by atoms with Crippen molar-refractivity contribution in [2.45, 2.75) is 59.3 Å². The number of ketones is 1. The number of unbranched alkanes of at least 4 members (excludes halogenated alkanes) is 1. The zero-order valence-electron chi connectivity index (χ0n) is 9.23. The molecule has 0 N–H and O–H groups in total. The van der Waals surface area contributed by atoms with Crippen LogP contribution in [0, 0.1) is 11.3 Å². The van der Waals surface area contributed by atoms with Crippen molar-refractivity contribution in [3.05, 3.63) is 0 Å². The number of rotatable bonds is 4. The number of carbonyl (C=O) groups excluding carboxylic acids is 1. The SMILES string of the molecule is CCCCC(=O)C1CCCC1(C)C. The maximum absolute atomic E-state index is 11.8. The maximum atomic E-state index is 11.8. The molecule has 1 rings (SSSR count). The molecule has 0 radical (unpaired) electrons. The molecule has 0 bridgehead atoms. The van der Waals surface area contributed by atoms with Crippen LogP contribution in [0.15, 0.2) is 0 Å². The molecule has 1 fully saturated rings. The van der Waals surface area contributed by atoms with E-state index in [1.165, 1.54) is 12.8 Å². The van der Waals surface area contributed by atoms with E-state index in [4.69, 9.17) is 0 Å². The fourth-order valence-electron chi connectivity index (χ4n) is 2.45. The third-order valence-electron chi connectivity index (χ3n) is 3.42. The van der Waals surface area contributed by atoms with Gasteiger partial charge < -0.3 is 0 Å². The van der Waals surface area contributed by atoms with Crippen molar-refractivity contribution in [1.82, 2.24) is 0 Å². The number of hydrogen-bond donors (Lipinski definition) is 0. The highest BCUT2D eigenvalue weighted by atomic mass is 16.1. The van der Waals surface area contributed by atoms with Gasteiger partial charge in [-0.15, -0.1) is 0 Å². The molecule has 1 nitrogen and oxygen atoms in total. The molecule has 1 atom stereocenters. The van der Waals surface area contributed by atoms with Crippen molar-refractivity contribution in [1.29, 1.82) is 0 Å². The van der Waals surface area contributed by atoms with E-state index in [1.54, 1.807) is 0 Å². The Morgan fingerprint density at radius 2 is 2.15 bits per heavy atom. The first-order valence-electron chi connectivity index (χ1n) is 5.60. The van der Waals surface area contributed by atoms with Gasteiger partial charge in [0.05, 0.1) is 0 Å². The summed E-state index contributed by atoms with van der Waals surface area (Å²) in [5, 5.41) is 0. The molecule has 76 valence electrons. The molecular weight excluding hydrogens is 160 g/mol. The van der Waals surface area contributed by atoms with Crippen molar-refractivity contribution in [2.75, 3.05) is 0 Å². The second-order valence-corrected chi connectivity index (χ2v) is 5.00. The molecule has 0 spiro atoms. The Bertz CT molecular complexity index is 182. The van der Waals surface area contributed by atoms with E-state index < -0.39 is 0 Å². The van der Waals surface area contributed by atoms with Gasteiger partial charge in [0.25, 0.3) is 0 Å². The van der Waals surface area contributed by atoms with Crippen LogP contribution in [0.2, 0.25) is 0 Å². The van der Waals surface area contributed by atoms with E-state index in [9.17, 15) is 4.79 Å². The molecule has 0 aromatic carbocycles. The first-order chi connectivity index (χ1) is 6.08. The van der Waals surface area contributed by atoms with Crippen molar-refractivity contribution < 1.29 is 4.79 Å². The normalized spacial score (nSPS) is 26.2. The van der Waals surface area contributed by atoms with Gasteiger partial charge in [0.15, 0.2) is 0 Å². The van der Waals surface area contributed by atoms with Crippen LogP contribution in [0.25, 0.3) is 0 Å². The zero-order valence-corrected chi connectivity index (χ0v) is 9.23. The van der Waals surface area contributed by atoms with Gasteiger partial charge in [0.1, 0.15) is 5.78 Å². The molecular formula is C12H22O. The predicted molar refractivity (Wildman–Crippen MR) is 55.7 cm³/mol. The lowest BCUT2D eigenvalue weighted by Gasteiger charge is -2.25. The van der Waals surface area contributed by atoms with Gasteiger partial charge in [-0.1, -0.05) is 33.6 Å². The standard InChI is InChI=1S/C12H22O/c1-4-5-8-11(13)10-7-6-9-12(10,2)3/h10H,4-9H2,1-3H3. The van der Waals surface area contributed by atoms with E-state index in [0.717, 1.165) is 25.7 Å². The summed E-state index contributed by atoms with van der Waals surface area (Å²) >= 11 is 0. The van der Waals surface area contributed by atoms with E-state index >= 15 is 0 Å². The minimum absolute atomic E-state index is 0.283. The lowest BCUT2D eigenvalue weighted by atomic mass is 9.78. The second kappa shape index (κ2) is 4.26. The highest BCUT2D eigenvalue weighted by Gasteiger charge is 2.38. The van der Waals surface area contributed by atoms with Crippen LogP contribution in [-0.4, -0.2) is 5.78 Å². The van der Waals surface area contributed by atoms with Gasteiger partial charge in [-0.25, -0.2) is 0 Å². The highest BCUT2D eigenvalue weighted by Crippen LogP contribution is 2.43. The molecule has 1 heteroatoms. The molecule has 0 saturated heterocycles. The Morgan fingerprint density at radius 1 is 1.46 bits per heavy atom. The van der Waals surface area contributed by atoms with Crippen molar-refractivity contribution in [2.24, 2.45) is 11.3 Å². The van der Waals surface area contributed by atoms with Crippen molar-refractivity contribution in [3.63, 3.8) is 0 Å². The van der Waals surface area contributed by atoms with Gasteiger partial charge in [-0.3, -0.25) is 4.79 Å².